The van der Waals surface area contributed by atoms with Gasteiger partial charge in [0.05, 0.1) is 22.6 Å². The van der Waals surface area contributed by atoms with Gasteiger partial charge in [0.15, 0.2) is 0 Å². The molecule has 4 heterocycles. The lowest BCUT2D eigenvalue weighted by Gasteiger charge is -2.25. The van der Waals surface area contributed by atoms with Crippen LogP contribution < -0.4 is 0 Å². The number of rotatable bonds is 3. The summed E-state index contributed by atoms with van der Waals surface area (Å²) in [4.78, 5) is 23.9. The molecular weight excluding hydrogens is 424 g/mol. The molecule has 1 aliphatic heterocycles. The zero-order chi connectivity index (χ0) is 22.5. The molecule has 3 aromatic heterocycles. The van der Waals surface area contributed by atoms with Crippen LogP contribution in [-0.4, -0.2) is 44.1 Å². The van der Waals surface area contributed by atoms with E-state index in [2.05, 4.69) is 17.1 Å². The van der Waals surface area contributed by atoms with Gasteiger partial charge >= 0.3 is 6.09 Å². The zero-order valence-electron chi connectivity index (χ0n) is 18.8. The van der Waals surface area contributed by atoms with Crippen molar-refractivity contribution in [3.8, 4) is 11.4 Å². The van der Waals surface area contributed by atoms with Gasteiger partial charge in [0.1, 0.15) is 11.2 Å². The highest BCUT2D eigenvalue weighted by molar-refractivity contribution is 6.30. The summed E-state index contributed by atoms with van der Waals surface area (Å²) in [6.45, 7) is 7.35. The van der Waals surface area contributed by atoms with E-state index in [0.717, 1.165) is 42.2 Å². The first kappa shape index (κ1) is 21.3. The van der Waals surface area contributed by atoms with Crippen LogP contribution in [0.2, 0.25) is 5.02 Å². The van der Waals surface area contributed by atoms with Crippen molar-refractivity contribution in [1.82, 2.24) is 19.3 Å². The second-order valence-electron chi connectivity index (χ2n) is 10.1. The Labute approximate surface area is 193 Å². The molecule has 168 valence electrons. The summed E-state index contributed by atoms with van der Waals surface area (Å²) in [5.74, 6) is 1.62. The van der Waals surface area contributed by atoms with E-state index in [4.69, 9.17) is 21.3 Å². The van der Waals surface area contributed by atoms with Crippen molar-refractivity contribution >= 4 is 23.3 Å². The Morgan fingerprint density at radius 3 is 2.84 bits per heavy atom. The topological polar surface area (TPSA) is 59.7 Å². The molecule has 0 N–H and O–H groups in total. The molecule has 1 saturated carbocycles. The fraction of sp³-hybridized carbons (Fsp3) is 0.480. The quantitative estimate of drug-likeness (QED) is 0.527. The number of nitrogens with zero attached hydrogens (tertiary/aromatic N) is 4. The maximum atomic E-state index is 12.5. The van der Waals surface area contributed by atoms with Gasteiger partial charge in [0.2, 0.25) is 0 Å². The van der Waals surface area contributed by atoms with E-state index >= 15 is 0 Å². The number of hydrogen-bond acceptors (Lipinski definition) is 4. The number of likely N-dealkylation sites (tertiary alicyclic amines) is 1. The molecule has 32 heavy (non-hydrogen) atoms. The standard InChI is InChI=1S/C25H29ClN4O2/c1-25(2,3)32-24(31)29-13-17-8-7-16(20(17)15-29)11-19-5-4-6-21(28-19)22-12-27-23-10-9-18(26)14-30(22)23/h4-6,9-10,12,14,16-17,20H,7-8,11,13,15H2,1-3H3/t16?,17-,20-/m0/s1. The minimum absolute atomic E-state index is 0.183. The lowest BCUT2D eigenvalue weighted by atomic mass is 9.89. The molecule has 7 heteroatoms. The van der Waals surface area contributed by atoms with Crippen LogP contribution in [0.3, 0.4) is 0 Å². The lowest BCUT2D eigenvalue weighted by Crippen LogP contribution is -2.36. The molecule has 3 atom stereocenters. The maximum absolute atomic E-state index is 12.5. The molecule has 5 rings (SSSR count). The van der Waals surface area contributed by atoms with Crippen LogP contribution in [0, 0.1) is 17.8 Å². The van der Waals surface area contributed by atoms with Crippen LogP contribution in [0.1, 0.15) is 39.3 Å². The predicted molar refractivity (Wildman–Crippen MR) is 125 cm³/mol. The van der Waals surface area contributed by atoms with Crippen LogP contribution in [0.15, 0.2) is 42.7 Å². The van der Waals surface area contributed by atoms with E-state index in [0.29, 0.717) is 22.8 Å². The van der Waals surface area contributed by atoms with Crippen molar-refractivity contribution in [1.29, 1.82) is 0 Å². The fourth-order valence-corrected chi connectivity index (χ4v) is 5.42. The van der Waals surface area contributed by atoms with Crippen molar-refractivity contribution < 1.29 is 9.53 Å². The Balaban J connectivity index is 1.31. The van der Waals surface area contributed by atoms with E-state index in [1.54, 1.807) is 0 Å². The van der Waals surface area contributed by atoms with Crippen molar-refractivity contribution in [2.75, 3.05) is 13.1 Å². The van der Waals surface area contributed by atoms with Crippen molar-refractivity contribution in [3.63, 3.8) is 0 Å². The lowest BCUT2D eigenvalue weighted by molar-refractivity contribution is 0.0276. The molecule has 1 saturated heterocycles. The number of aromatic nitrogens is 3. The molecule has 1 unspecified atom stereocenters. The fourth-order valence-electron chi connectivity index (χ4n) is 5.26. The number of ether oxygens (including phenoxy) is 1. The summed E-state index contributed by atoms with van der Waals surface area (Å²) in [6, 6.07) is 9.94. The van der Waals surface area contributed by atoms with Gasteiger partial charge < -0.3 is 9.64 Å². The largest absolute Gasteiger partial charge is 0.444 e. The number of fused-ring (bicyclic) bond motifs is 2. The van der Waals surface area contributed by atoms with Crippen molar-refractivity contribution in [2.45, 2.75) is 45.6 Å². The van der Waals surface area contributed by atoms with E-state index in [1.165, 1.54) is 12.8 Å². The molecule has 0 radical (unpaired) electrons. The number of amides is 1. The summed E-state index contributed by atoms with van der Waals surface area (Å²) in [5.41, 5.74) is 3.31. The molecule has 2 fully saturated rings. The molecule has 1 amide bonds. The van der Waals surface area contributed by atoms with Crippen LogP contribution in [0.4, 0.5) is 4.79 Å². The van der Waals surface area contributed by atoms with Gasteiger partial charge in [-0.05, 0) is 82.1 Å². The first-order valence-corrected chi connectivity index (χ1v) is 11.7. The number of carbonyl (C=O) groups excluding carboxylic acids is 1. The number of pyridine rings is 2. The third kappa shape index (κ3) is 4.20. The highest BCUT2D eigenvalue weighted by Gasteiger charge is 2.44. The normalized spacial score (nSPS) is 23.0. The predicted octanol–water partition coefficient (Wildman–Crippen LogP) is 5.49. The second-order valence-corrected chi connectivity index (χ2v) is 10.5. The van der Waals surface area contributed by atoms with Crippen LogP contribution >= 0.6 is 11.6 Å². The SMILES string of the molecule is CC(C)(C)OC(=O)N1C[C@@H]2CCC(Cc3cccc(-c4cnc5ccc(Cl)cn45)n3)[C@@H]2C1. The summed E-state index contributed by atoms with van der Waals surface area (Å²) >= 11 is 6.19. The molecule has 0 aromatic carbocycles. The van der Waals surface area contributed by atoms with Crippen LogP contribution in [0.5, 0.6) is 0 Å². The van der Waals surface area contributed by atoms with Gasteiger partial charge in [-0.15, -0.1) is 0 Å². The minimum Gasteiger partial charge on any atom is -0.444 e. The number of imidazole rings is 1. The third-order valence-electron chi connectivity index (χ3n) is 6.67. The molecule has 0 bridgehead atoms. The Morgan fingerprint density at radius 1 is 1.19 bits per heavy atom. The van der Waals surface area contributed by atoms with E-state index in [1.807, 2.05) is 60.7 Å². The van der Waals surface area contributed by atoms with Crippen molar-refractivity contribution in [3.05, 3.63) is 53.4 Å². The van der Waals surface area contributed by atoms with Crippen LogP contribution in [0.25, 0.3) is 17.0 Å². The third-order valence-corrected chi connectivity index (χ3v) is 6.89. The smallest absolute Gasteiger partial charge is 0.410 e. The van der Waals surface area contributed by atoms with Gasteiger partial charge in [0, 0.05) is 25.0 Å². The monoisotopic (exact) mass is 452 g/mol. The average molecular weight is 453 g/mol. The Kier molecular flexibility index (Phi) is 5.36. The summed E-state index contributed by atoms with van der Waals surface area (Å²) < 4.78 is 7.58. The number of halogens is 1. The molecule has 6 nitrogen and oxygen atoms in total. The van der Waals surface area contributed by atoms with Crippen LogP contribution in [-0.2, 0) is 11.2 Å². The summed E-state index contributed by atoms with van der Waals surface area (Å²) in [6.07, 6.45) is 6.82. The Hall–Kier alpha value is -2.60. The first-order chi connectivity index (χ1) is 15.3. The first-order valence-electron chi connectivity index (χ1n) is 11.3. The number of hydrogen-bond donors (Lipinski definition) is 0. The van der Waals surface area contributed by atoms with E-state index < -0.39 is 5.60 Å². The second kappa shape index (κ2) is 8.07. The molecule has 0 spiro atoms. The van der Waals surface area contributed by atoms with E-state index in [9.17, 15) is 4.79 Å². The summed E-state index contributed by atoms with van der Waals surface area (Å²) in [7, 11) is 0. The van der Waals surface area contributed by atoms with Gasteiger partial charge in [-0.2, -0.15) is 0 Å². The zero-order valence-corrected chi connectivity index (χ0v) is 19.5. The van der Waals surface area contributed by atoms with Gasteiger partial charge in [-0.1, -0.05) is 17.7 Å². The number of carbonyl (C=O) groups is 1. The molecule has 3 aromatic rings. The molecule has 1 aliphatic carbocycles. The van der Waals surface area contributed by atoms with Crippen molar-refractivity contribution in [2.24, 2.45) is 17.8 Å². The average Bonchev–Trinajstić information content (AvgIpc) is 3.42. The van der Waals surface area contributed by atoms with Gasteiger partial charge in [0.25, 0.3) is 0 Å². The minimum atomic E-state index is -0.458. The van der Waals surface area contributed by atoms with Gasteiger partial charge in [-0.3, -0.25) is 9.38 Å². The molecule has 2 aliphatic rings. The Morgan fingerprint density at radius 2 is 2.03 bits per heavy atom. The molecular formula is C25H29ClN4O2. The highest BCUT2D eigenvalue weighted by atomic mass is 35.5. The maximum Gasteiger partial charge on any atom is 0.410 e. The highest BCUT2D eigenvalue weighted by Crippen LogP contribution is 2.44. The van der Waals surface area contributed by atoms with E-state index in [-0.39, 0.29) is 6.09 Å². The Bertz CT molecular complexity index is 1150. The summed E-state index contributed by atoms with van der Waals surface area (Å²) in [5, 5.41) is 0.667. The van der Waals surface area contributed by atoms with Gasteiger partial charge in [-0.25, -0.2) is 9.78 Å².